The number of hydrogen-bond acceptors (Lipinski definition) is 4. The van der Waals surface area contributed by atoms with Crippen molar-refractivity contribution in [3.8, 4) is 11.5 Å². The smallest absolute Gasteiger partial charge is 0.191 e. The lowest BCUT2D eigenvalue weighted by atomic mass is 10.1. The molecule has 6 nitrogen and oxygen atoms in total. The van der Waals surface area contributed by atoms with Crippen LogP contribution in [0.1, 0.15) is 19.3 Å². The highest BCUT2D eigenvalue weighted by Gasteiger charge is 2.34. The average Bonchev–Trinajstić information content (AvgIpc) is 3.40. The van der Waals surface area contributed by atoms with Gasteiger partial charge in [0.15, 0.2) is 5.96 Å². The van der Waals surface area contributed by atoms with E-state index in [1.807, 2.05) is 31.3 Å². The van der Waals surface area contributed by atoms with Crippen LogP contribution in [0.5, 0.6) is 11.5 Å². The maximum atomic E-state index is 5.72. The van der Waals surface area contributed by atoms with Crippen LogP contribution in [-0.2, 0) is 0 Å². The van der Waals surface area contributed by atoms with Gasteiger partial charge < -0.3 is 25.0 Å². The molecule has 1 aliphatic heterocycles. The normalized spacial score (nSPS) is 21.2. The fraction of sp³-hybridized carbons (Fsp3) is 0.632. The Morgan fingerprint density at radius 3 is 2.60 bits per heavy atom. The molecule has 1 unspecified atom stereocenters. The molecule has 1 aromatic rings. The summed E-state index contributed by atoms with van der Waals surface area (Å²) in [4.78, 5) is 6.94. The fourth-order valence-electron chi connectivity index (χ4n) is 3.27. The Morgan fingerprint density at radius 1 is 1.16 bits per heavy atom. The van der Waals surface area contributed by atoms with E-state index < -0.39 is 0 Å². The van der Waals surface area contributed by atoms with Crippen LogP contribution >= 0.6 is 0 Å². The van der Waals surface area contributed by atoms with Crippen molar-refractivity contribution in [2.24, 2.45) is 10.9 Å². The molecule has 3 rings (SSSR count). The number of likely N-dealkylation sites (tertiary alicyclic amines) is 1. The fourth-order valence-corrected chi connectivity index (χ4v) is 3.27. The van der Waals surface area contributed by atoms with Crippen molar-refractivity contribution in [3.63, 3.8) is 0 Å². The molecule has 0 amide bonds. The summed E-state index contributed by atoms with van der Waals surface area (Å²) in [5.74, 6) is 3.26. The van der Waals surface area contributed by atoms with Crippen LogP contribution in [0.4, 0.5) is 0 Å². The maximum Gasteiger partial charge on any atom is 0.191 e. The molecule has 138 valence electrons. The van der Waals surface area contributed by atoms with Gasteiger partial charge in [0.2, 0.25) is 0 Å². The molecule has 2 aliphatic rings. The molecule has 6 heteroatoms. The maximum absolute atomic E-state index is 5.72. The van der Waals surface area contributed by atoms with Crippen molar-refractivity contribution in [2.75, 3.05) is 46.9 Å². The van der Waals surface area contributed by atoms with E-state index in [1.165, 1.54) is 32.4 Å². The van der Waals surface area contributed by atoms with E-state index >= 15 is 0 Å². The molecule has 1 heterocycles. The Balaban J connectivity index is 1.29. The van der Waals surface area contributed by atoms with Gasteiger partial charge in [0, 0.05) is 26.2 Å². The first-order valence-electron chi connectivity index (χ1n) is 9.24. The number of nitrogens with zero attached hydrogens (tertiary/aromatic N) is 2. The number of hydrogen-bond donors (Lipinski definition) is 2. The van der Waals surface area contributed by atoms with Gasteiger partial charge in [0.1, 0.15) is 18.1 Å². The van der Waals surface area contributed by atoms with Crippen LogP contribution in [0.3, 0.4) is 0 Å². The Morgan fingerprint density at radius 2 is 1.92 bits per heavy atom. The summed E-state index contributed by atoms with van der Waals surface area (Å²) in [5.41, 5.74) is 0. The number of nitrogens with one attached hydrogen (secondary N) is 2. The molecule has 1 saturated carbocycles. The Hall–Kier alpha value is -1.95. The second-order valence-electron chi connectivity index (χ2n) is 6.78. The number of guanidine groups is 1. The minimum atomic E-state index is 0.589. The molecule has 0 aromatic heterocycles. The van der Waals surface area contributed by atoms with E-state index in [0.717, 1.165) is 36.0 Å². The van der Waals surface area contributed by atoms with E-state index in [1.54, 1.807) is 7.11 Å². The van der Waals surface area contributed by atoms with E-state index in [4.69, 9.17) is 9.47 Å². The van der Waals surface area contributed by atoms with Crippen LogP contribution in [0.25, 0.3) is 0 Å². The van der Waals surface area contributed by atoms with E-state index in [9.17, 15) is 0 Å². The lowest BCUT2D eigenvalue weighted by Gasteiger charge is -2.17. The first kappa shape index (κ1) is 17.9. The highest BCUT2D eigenvalue weighted by atomic mass is 16.5. The summed E-state index contributed by atoms with van der Waals surface area (Å²) in [5, 5.41) is 6.75. The van der Waals surface area contributed by atoms with Crippen LogP contribution in [-0.4, -0.2) is 63.8 Å². The predicted octanol–water partition coefficient (Wildman–Crippen LogP) is 1.72. The highest BCUT2D eigenvalue weighted by molar-refractivity contribution is 5.79. The van der Waals surface area contributed by atoms with Crippen LogP contribution in [0.15, 0.2) is 29.3 Å². The molecule has 1 atom stereocenters. The minimum absolute atomic E-state index is 0.589. The number of methoxy groups -OCH3 is 1. The molecule has 0 bridgehead atoms. The highest BCUT2D eigenvalue weighted by Crippen LogP contribution is 2.31. The second-order valence-corrected chi connectivity index (χ2v) is 6.78. The van der Waals surface area contributed by atoms with Gasteiger partial charge in [-0.15, -0.1) is 0 Å². The monoisotopic (exact) mass is 346 g/mol. The average molecular weight is 346 g/mol. The van der Waals surface area contributed by atoms with Gasteiger partial charge in [-0.1, -0.05) is 0 Å². The largest absolute Gasteiger partial charge is 0.497 e. The minimum Gasteiger partial charge on any atom is -0.497 e. The third-order valence-corrected chi connectivity index (χ3v) is 4.89. The SMILES string of the molecule is CN=C(NCCOc1ccc(OC)cc1)NCC1CCN(C2CC2)C1. The second kappa shape index (κ2) is 8.94. The van der Waals surface area contributed by atoms with Gasteiger partial charge in [0.05, 0.1) is 13.7 Å². The first-order chi connectivity index (χ1) is 12.3. The summed E-state index contributed by atoms with van der Waals surface area (Å²) >= 11 is 0. The Bertz CT molecular complexity index is 557. The number of aliphatic imine (C=N–C) groups is 1. The van der Waals surface area contributed by atoms with E-state index in [2.05, 4.69) is 20.5 Å². The zero-order valence-corrected chi connectivity index (χ0v) is 15.3. The topological polar surface area (TPSA) is 58.1 Å². The summed E-state index contributed by atoms with van der Waals surface area (Å²) < 4.78 is 10.9. The summed E-state index contributed by atoms with van der Waals surface area (Å²) in [6.45, 7) is 4.78. The third-order valence-electron chi connectivity index (χ3n) is 4.89. The molecule has 25 heavy (non-hydrogen) atoms. The summed E-state index contributed by atoms with van der Waals surface area (Å²) in [6.07, 6.45) is 4.09. The van der Waals surface area contributed by atoms with Gasteiger partial charge in [-0.2, -0.15) is 0 Å². The van der Waals surface area contributed by atoms with Crippen molar-refractivity contribution in [2.45, 2.75) is 25.3 Å². The molecule has 2 N–H and O–H groups in total. The van der Waals surface area contributed by atoms with Crippen LogP contribution in [0.2, 0.25) is 0 Å². The molecule has 1 saturated heterocycles. The van der Waals surface area contributed by atoms with Gasteiger partial charge in [0.25, 0.3) is 0 Å². The summed E-state index contributed by atoms with van der Waals surface area (Å²) in [7, 11) is 3.47. The summed E-state index contributed by atoms with van der Waals surface area (Å²) in [6, 6.07) is 8.51. The number of ether oxygens (including phenoxy) is 2. The first-order valence-corrected chi connectivity index (χ1v) is 9.24. The lowest BCUT2D eigenvalue weighted by Crippen LogP contribution is -2.41. The number of benzene rings is 1. The van der Waals surface area contributed by atoms with Crippen LogP contribution < -0.4 is 20.1 Å². The molecular weight excluding hydrogens is 316 g/mol. The molecule has 1 aliphatic carbocycles. The zero-order valence-electron chi connectivity index (χ0n) is 15.3. The molecule has 1 aromatic carbocycles. The van der Waals surface area contributed by atoms with E-state index in [0.29, 0.717) is 13.2 Å². The van der Waals surface area contributed by atoms with E-state index in [-0.39, 0.29) is 0 Å². The molecule has 2 fully saturated rings. The Labute approximate surface area is 150 Å². The quantitative estimate of drug-likeness (QED) is 0.426. The van der Waals surface area contributed by atoms with Crippen LogP contribution in [0, 0.1) is 5.92 Å². The van der Waals surface area contributed by atoms with Gasteiger partial charge in [-0.25, -0.2) is 0 Å². The van der Waals surface area contributed by atoms with Gasteiger partial charge >= 0.3 is 0 Å². The van der Waals surface area contributed by atoms with Crippen molar-refractivity contribution >= 4 is 5.96 Å². The van der Waals surface area contributed by atoms with Gasteiger partial charge in [-0.3, -0.25) is 4.99 Å². The molecule has 0 radical (unpaired) electrons. The zero-order chi connectivity index (χ0) is 17.5. The van der Waals surface area contributed by atoms with Crippen molar-refractivity contribution in [1.29, 1.82) is 0 Å². The molecular formula is C19H30N4O2. The predicted molar refractivity (Wildman–Crippen MR) is 101 cm³/mol. The standard InChI is InChI=1S/C19H30N4O2/c1-20-19(22-13-15-9-11-23(14-15)16-3-4-16)21-10-12-25-18-7-5-17(24-2)6-8-18/h5-8,15-16H,3-4,9-14H2,1-2H3,(H2,20,21,22). The molecule has 0 spiro atoms. The van der Waals surface area contributed by atoms with Gasteiger partial charge in [-0.05, 0) is 56.0 Å². The number of rotatable bonds is 8. The lowest BCUT2D eigenvalue weighted by molar-refractivity contribution is 0.313. The van der Waals surface area contributed by atoms with Crippen molar-refractivity contribution in [3.05, 3.63) is 24.3 Å². The van der Waals surface area contributed by atoms with Crippen molar-refractivity contribution < 1.29 is 9.47 Å². The van der Waals surface area contributed by atoms with Crippen molar-refractivity contribution in [1.82, 2.24) is 15.5 Å². The Kier molecular flexibility index (Phi) is 6.39. The third kappa shape index (κ3) is 5.53.